The summed E-state index contributed by atoms with van der Waals surface area (Å²) in [6.45, 7) is 5.79. The topological polar surface area (TPSA) is 46.5 Å². The third-order valence-corrected chi connectivity index (χ3v) is 2.88. The number of rotatable bonds is 11. The van der Waals surface area contributed by atoms with Crippen LogP contribution >= 0.6 is 0 Å². The normalized spacial score (nSPS) is 9.42. The number of hydrogen-bond donors (Lipinski definition) is 1. The molecular formula is C16H32O3. The Balaban J connectivity index is 0. The number of ether oxygens (including phenoxy) is 1. The molecule has 0 aliphatic heterocycles. The maximum atomic E-state index is 9.84. The quantitative estimate of drug-likeness (QED) is 0.347. The first-order chi connectivity index (χ1) is 9.22. The van der Waals surface area contributed by atoms with E-state index in [0.717, 1.165) is 12.5 Å². The van der Waals surface area contributed by atoms with Crippen molar-refractivity contribution in [1.29, 1.82) is 0 Å². The molecule has 0 atom stereocenters. The average molecular weight is 272 g/mol. The summed E-state index contributed by atoms with van der Waals surface area (Å²) >= 11 is 0. The first-order valence-corrected chi connectivity index (χ1v) is 7.54. The lowest BCUT2D eigenvalue weighted by molar-refractivity contribution is -0.134. The third kappa shape index (κ3) is 22.8. The van der Waals surface area contributed by atoms with Gasteiger partial charge in [0.2, 0.25) is 0 Å². The maximum absolute atomic E-state index is 9.84. The Morgan fingerprint density at radius 1 is 1.00 bits per heavy atom. The molecule has 0 aromatic rings. The molecule has 3 nitrogen and oxygen atoms in total. The Hall–Kier alpha value is -0.830. The van der Waals surface area contributed by atoms with Crippen LogP contribution in [0.3, 0.4) is 0 Å². The van der Waals surface area contributed by atoms with E-state index >= 15 is 0 Å². The van der Waals surface area contributed by atoms with Crippen LogP contribution in [0.25, 0.3) is 0 Å². The summed E-state index contributed by atoms with van der Waals surface area (Å²) in [5.74, 6) is -0.394. The Bertz CT molecular complexity index is 180. The van der Waals surface area contributed by atoms with Crippen molar-refractivity contribution in [1.82, 2.24) is 0 Å². The van der Waals surface area contributed by atoms with Crippen molar-refractivity contribution in [3.8, 4) is 0 Å². The van der Waals surface area contributed by atoms with Crippen LogP contribution in [0.2, 0.25) is 0 Å². The van der Waals surface area contributed by atoms with Crippen molar-refractivity contribution in [2.24, 2.45) is 0 Å². The van der Waals surface area contributed by atoms with E-state index in [1.165, 1.54) is 64.9 Å². The van der Waals surface area contributed by atoms with Gasteiger partial charge in [0.25, 0.3) is 0 Å². The summed E-state index contributed by atoms with van der Waals surface area (Å²) < 4.78 is 4.14. The highest BCUT2D eigenvalue weighted by atomic mass is 16.5. The molecule has 114 valence electrons. The molecule has 0 spiro atoms. The van der Waals surface area contributed by atoms with Gasteiger partial charge in [0.05, 0.1) is 7.11 Å². The lowest BCUT2D eigenvalue weighted by atomic mass is 10.1. The molecule has 1 N–H and O–H groups in total. The Morgan fingerprint density at radius 2 is 1.42 bits per heavy atom. The molecule has 0 radical (unpaired) electrons. The molecule has 0 bridgehead atoms. The van der Waals surface area contributed by atoms with Crippen LogP contribution in [-0.4, -0.2) is 24.8 Å². The molecule has 0 aromatic heterocycles. The van der Waals surface area contributed by atoms with Crippen LogP contribution in [0.15, 0.2) is 12.7 Å². The number of methoxy groups -OCH3 is 1. The number of aliphatic hydroxyl groups is 1. The van der Waals surface area contributed by atoms with Crippen LogP contribution < -0.4 is 0 Å². The van der Waals surface area contributed by atoms with Gasteiger partial charge in [-0.1, -0.05) is 71.3 Å². The van der Waals surface area contributed by atoms with E-state index in [4.69, 9.17) is 5.11 Å². The Labute approximate surface area is 119 Å². The van der Waals surface area contributed by atoms with E-state index < -0.39 is 5.97 Å². The van der Waals surface area contributed by atoms with E-state index in [2.05, 4.69) is 18.2 Å². The molecule has 3 heteroatoms. The van der Waals surface area contributed by atoms with Crippen LogP contribution in [0, 0.1) is 0 Å². The first-order valence-electron chi connectivity index (χ1n) is 7.54. The van der Waals surface area contributed by atoms with Gasteiger partial charge in [-0.15, -0.1) is 0 Å². The van der Waals surface area contributed by atoms with E-state index in [1.54, 1.807) is 0 Å². The van der Waals surface area contributed by atoms with Gasteiger partial charge >= 0.3 is 5.97 Å². The first kappa shape index (κ1) is 20.5. The van der Waals surface area contributed by atoms with E-state index in [1.807, 2.05) is 0 Å². The zero-order valence-electron chi connectivity index (χ0n) is 12.8. The number of carbonyl (C=O) groups is 1. The number of aliphatic hydroxyl groups excluding tert-OH is 1. The lowest BCUT2D eigenvalue weighted by Gasteiger charge is -2.00. The standard InChI is InChI=1S/C12H26O.C4H6O2/c1-2-3-4-5-6-7-8-9-10-11-12-13;1-3-4(5)6-2/h13H,2-12H2,1H3;3H,1H2,2H3. The molecule has 0 rings (SSSR count). The summed E-state index contributed by atoms with van der Waals surface area (Å²) in [5, 5.41) is 8.57. The maximum Gasteiger partial charge on any atom is 0.329 e. The van der Waals surface area contributed by atoms with Crippen molar-refractivity contribution in [2.75, 3.05) is 13.7 Å². The molecule has 0 aliphatic rings. The van der Waals surface area contributed by atoms with Crippen molar-refractivity contribution < 1.29 is 14.6 Å². The zero-order valence-corrected chi connectivity index (χ0v) is 12.8. The largest absolute Gasteiger partial charge is 0.466 e. The number of hydrogen-bond acceptors (Lipinski definition) is 3. The van der Waals surface area contributed by atoms with Gasteiger partial charge in [-0.05, 0) is 6.42 Å². The molecule has 0 unspecified atom stereocenters. The van der Waals surface area contributed by atoms with Crippen LogP contribution in [0.4, 0.5) is 0 Å². The van der Waals surface area contributed by atoms with Gasteiger partial charge in [-0.25, -0.2) is 4.79 Å². The Kier molecular flexibility index (Phi) is 21.0. The van der Waals surface area contributed by atoms with Gasteiger partial charge in [0.1, 0.15) is 0 Å². The fraction of sp³-hybridized carbons (Fsp3) is 0.812. The minimum Gasteiger partial charge on any atom is -0.466 e. The summed E-state index contributed by atoms with van der Waals surface area (Å²) in [5.41, 5.74) is 0. The Morgan fingerprint density at radius 3 is 1.68 bits per heavy atom. The minimum absolute atomic E-state index is 0.372. The molecule has 0 amide bonds. The fourth-order valence-electron chi connectivity index (χ4n) is 1.68. The fourth-order valence-corrected chi connectivity index (χ4v) is 1.68. The van der Waals surface area contributed by atoms with Gasteiger partial charge < -0.3 is 9.84 Å². The molecule has 0 heterocycles. The highest BCUT2D eigenvalue weighted by molar-refractivity contribution is 5.80. The lowest BCUT2D eigenvalue weighted by Crippen LogP contribution is -1.91. The van der Waals surface area contributed by atoms with Crippen LogP contribution in [-0.2, 0) is 9.53 Å². The van der Waals surface area contributed by atoms with E-state index in [0.29, 0.717) is 6.61 Å². The van der Waals surface area contributed by atoms with Crippen molar-refractivity contribution in [3.63, 3.8) is 0 Å². The predicted molar refractivity (Wildman–Crippen MR) is 81.1 cm³/mol. The minimum atomic E-state index is -0.394. The second kappa shape index (κ2) is 19.5. The van der Waals surface area contributed by atoms with Gasteiger partial charge in [0, 0.05) is 12.7 Å². The van der Waals surface area contributed by atoms with Gasteiger partial charge in [-0.2, -0.15) is 0 Å². The number of carbonyl (C=O) groups excluding carboxylic acids is 1. The van der Waals surface area contributed by atoms with Crippen molar-refractivity contribution in [3.05, 3.63) is 12.7 Å². The molecular weight excluding hydrogens is 240 g/mol. The monoisotopic (exact) mass is 272 g/mol. The predicted octanol–water partition coefficient (Wildman–Crippen LogP) is 4.25. The molecule has 0 aliphatic carbocycles. The van der Waals surface area contributed by atoms with Crippen LogP contribution in [0.5, 0.6) is 0 Å². The molecule has 0 aromatic carbocycles. The SMILES string of the molecule is C=CC(=O)OC.CCCCCCCCCCCCO. The molecule has 0 saturated carbocycles. The average Bonchev–Trinajstić information content (AvgIpc) is 2.45. The van der Waals surface area contributed by atoms with Gasteiger partial charge in [0.15, 0.2) is 0 Å². The van der Waals surface area contributed by atoms with Gasteiger partial charge in [-0.3, -0.25) is 0 Å². The zero-order chi connectivity index (χ0) is 14.8. The third-order valence-electron chi connectivity index (χ3n) is 2.88. The summed E-state index contributed by atoms with van der Waals surface area (Å²) in [4.78, 5) is 9.84. The van der Waals surface area contributed by atoms with Crippen molar-refractivity contribution >= 4 is 5.97 Å². The van der Waals surface area contributed by atoms with Crippen molar-refractivity contribution in [2.45, 2.75) is 71.1 Å². The molecule has 0 fully saturated rings. The molecule has 19 heavy (non-hydrogen) atoms. The number of unbranched alkanes of at least 4 members (excludes halogenated alkanes) is 9. The van der Waals surface area contributed by atoms with E-state index in [-0.39, 0.29) is 0 Å². The van der Waals surface area contributed by atoms with E-state index in [9.17, 15) is 4.79 Å². The smallest absolute Gasteiger partial charge is 0.329 e. The number of esters is 1. The highest BCUT2D eigenvalue weighted by Crippen LogP contribution is 2.09. The second-order valence-electron chi connectivity index (χ2n) is 4.63. The second-order valence-corrected chi connectivity index (χ2v) is 4.63. The summed E-state index contributed by atoms with van der Waals surface area (Å²) in [7, 11) is 1.31. The molecule has 0 saturated heterocycles. The highest BCUT2D eigenvalue weighted by Gasteiger charge is 1.91. The van der Waals surface area contributed by atoms with Crippen LogP contribution in [0.1, 0.15) is 71.1 Å². The summed E-state index contributed by atoms with van der Waals surface area (Å²) in [6, 6.07) is 0. The summed E-state index contributed by atoms with van der Waals surface area (Å²) in [6.07, 6.45) is 14.4.